The second kappa shape index (κ2) is 17.0. The van der Waals surface area contributed by atoms with E-state index in [-0.39, 0.29) is 60.0 Å². The Balaban J connectivity index is 0.821. The van der Waals surface area contributed by atoms with Gasteiger partial charge in [0.25, 0.3) is 0 Å². The topological polar surface area (TPSA) is 184 Å². The number of hydrogen-bond donors (Lipinski definition) is 4. The Hall–Kier alpha value is -6.22. The van der Waals surface area contributed by atoms with Crippen LogP contribution in [0.25, 0.3) is 44.4 Å². The molecule has 0 spiro atoms. The normalized spacial score (nSPS) is 27.5. The second-order valence-corrected chi connectivity index (χ2v) is 19.3. The largest absolute Gasteiger partial charge is 0.453 e. The maximum absolute atomic E-state index is 14.5. The number of ether oxygens (including phenoxy) is 3. The fraction of sp³-hybridized carbons (Fsp3) is 0.480. The van der Waals surface area contributed by atoms with Crippen molar-refractivity contribution in [2.45, 2.75) is 115 Å². The maximum atomic E-state index is 14.5. The molecule has 15 nitrogen and oxygen atoms in total. The number of piperidine rings is 2. The molecule has 2 aromatic heterocycles. The van der Waals surface area contributed by atoms with E-state index in [4.69, 9.17) is 24.2 Å². The number of carbonyl (C=O) groups excluding carboxylic acids is 4. The fourth-order valence-corrected chi connectivity index (χ4v) is 11.1. The van der Waals surface area contributed by atoms with Crippen molar-refractivity contribution in [2.24, 2.45) is 23.7 Å². The standard InChI is InChI=1S/C50H58N8O7/c1-25(2)43(55-49(61)63-5)47(59)57-39-19-34(39)21-41(57)45-51-23-37(53-45)29-9-7-28(8-10-29)30-11-12-32-18-33(14-13-31(32)17-30)38-24-52-46(54-38)42-22-35-20-40(35)58(42)48(60)44(56-50(62)64-6)36-15-26(3)65-27(4)16-36/h7-14,17-18,23-27,34-36,39-44H,15-16,19-22H2,1-6H3,(H,51,53)(H,52,54)(H,55,61)(H,56,62)/t26-,27+,34-,35-,36+,39-,40-,41+,42+,43+,44?/m1/s1. The van der Waals surface area contributed by atoms with Crippen LogP contribution in [0.2, 0.25) is 0 Å². The highest BCUT2D eigenvalue weighted by molar-refractivity contribution is 5.91. The number of imidazole rings is 2. The summed E-state index contributed by atoms with van der Waals surface area (Å²) in [6.45, 7) is 7.88. The highest BCUT2D eigenvalue weighted by Gasteiger charge is 2.58. The molecule has 4 amide bonds. The van der Waals surface area contributed by atoms with Crippen LogP contribution in [0, 0.1) is 23.7 Å². The van der Waals surface area contributed by atoms with Gasteiger partial charge < -0.3 is 44.6 Å². The number of benzene rings is 3. The summed E-state index contributed by atoms with van der Waals surface area (Å²) in [5, 5.41) is 7.85. The first-order chi connectivity index (χ1) is 31.4. The zero-order valence-electron chi connectivity index (χ0n) is 37.7. The molecule has 15 heteroatoms. The van der Waals surface area contributed by atoms with Gasteiger partial charge >= 0.3 is 12.2 Å². The minimum absolute atomic E-state index is 0.0107. The quantitative estimate of drug-likeness (QED) is 0.102. The SMILES string of the molecule is COC(=O)NC(C(=O)N1[C@@H]2C[C@@H]2C[C@H]1c1ncc(-c2ccc3cc(-c4ccc(-c5cnc([C@@H]6C[C@H]7C[C@H]7N6C(=O)[C@@H](NC(=O)OC)C(C)C)[nH]5)cc4)ccc3c2)[nH]1)[C@H]1C[C@@H](C)O[C@@H](C)C1. The molecule has 2 saturated carbocycles. The molecule has 65 heavy (non-hydrogen) atoms. The molecule has 11 atom stereocenters. The molecule has 4 N–H and O–H groups in total. The summed E-state index contributed by atoms with van der Waals surface area (Å²) in [7, 11) is 2.63. The summed E-state index contributed by atoms with van der Waals surface area (Å²) in [6.07, 6.45) is 7.43. The van der Waals surface area contributed by atoms with Gasteiger partial charge in [0, 0.05) is 17.6 Å². The van der Waals surface area contributed by atoms with E-state index in [0.717, 1.165) is 81.7 Å². The van der Waals surface area contributed by atoms with Crippen LogP contribution in [0.4, 0.5) is 9.59 Å². The van der Waals surface area contributed by atoms with Crippen LogP contribution in [0.1, 0.15) is 90.0 Å². The number of methoxy groups -OCH3 is 2. The van der Waals surface area contributed by atoms with Crippen molar-refractivity contribution in [3.8, 4) is 33.6 Å². The molecule has 3 saturated heterocycles. The Morgan fingerprint density at radius 3 is 1.71 bits per heavy atom. The van der Waals surface area contributed by atoms with Crippen molar-refractivity contribution in [1.82, 2.24) is 40.4 Å². The first-order valence-electron chi connectivity index (χ1n) is 23.1. The van der Waals surface area contributed by atoms with Crippen LogP contribution in [-0.2, 0) is 23.8 Å². The maximum Gasteiger partial charge on any atom is 0.407 e. The zero-order valence-corrected chi connectivity index (χ0v) is 37.7. The van der Waals surface area contributed by atoms with Gasteiger partial charge in [0.2, 0.25) is 11.8 Å². The predicted octanol–water partition coefficient (Wildman–Crippen LogP) is 7.92. The van der Waals surface area contributed by atoms with E-state index in [1.54, 1.807) is 0 Å². The van der Waals surface area contributed by atoms with Crippen LogP contribution in [0.5, 0.6) is 0 Å². The number of alkyl carbamates (subject to hydrolysis) is 2. The average molecular weight is 883 g/mol. The van der Waals surface area contributed by atoms with Gasteiger partial charge in [-0.1, -0.05) is 62.4 Å². The van der Waals surface area contributed by atoms with E-state index < -0.39 is 24.3 Å². The summed E-state index contributed by atoms with van der Waals surface area (Å²) < 4.78 is 15.8. The van der Waals surface area contributed by atoms with Crippen molar-refractivity contribution in [3.05, 3.63) is 84.7 Å². The molecular formula is C50H58N8O7. The van der Waals surface area contributed by atoms with Crippen LogP contribution >= 0.6 is 0 Å². The van der Waals surface area contributed by atoms with Crippen LogP contribution < -0.4 is 10.6 Å². The van der Waals surface area contributed by atoms with Gasteiger partial charge in [-0.25, -0.2) is 19.6 Å². The molecule has 340 valence electrons. The van der Waals surface area contributed by atoms with E-state index in [2.05, 4.69) is 81.3 Å². The molecule has 3 aromatic carbocycles. The monoisotopic (exact) mass is 882 g/mol. The molecule has 0 bridgehead atoms. The van der Waals surface area contributed by atoms with E-state index in [9.17, 15) is 19.2 Å². The molecule has 3 aliphatic heterocycles. The van der Waals surface area contributed by atoms with Gasteiger partial charge in [0.15, 0.2) is 0 Å². The molecule has 5 fully saturated rings. The highest BCUT2D eigenvalue weighted by Crippen LogP contribution is 2.55. The van der Waals surface area contributed by atoms with Gasteiger partial charge in [-0.05, 0) is 116 Å². The summed E-state index contributed by atoms with van der Waals surface area (Å²) >= 11 is 0. The van der Waals surface area contributed by atoms with Gasteiger partial charge in [-0.2, -0.15) is 0 Å². The molecule has 10 rings (SSSR count). The Labute approximate surface area is 378 Å². The molecule has 5 aromatic rings. The number of H-pyrrole nitrogens is 2. The van der Waals surface area contributed by atoms with Crippen molar-refractivity contribution in [2.75, 3.05) is 14.2 Å². The Bertz CT molecular complexity index is 2610. The Morgan fingerprint density at radius 2 is 1.14 bits per heavy atom. The van der Waals surface area contributed by atoms with E-state index in [0.29, 0.717) is 24.7 Å². The van der Waals surface area contributed by atoms with Crippen molar-refractivity contribution < 1.29 is 33.4 Å². The smallest absolute Gasteiger partial charge is 0.407 e. The molecular weight excluding hydrogens is 825 g/mol. The first kappa shape index (κ1) is 42.7. The van der Waals surface area contributed by atoms with Crippen molar-refractivity contribution in [3.63, 3.8) is 0 Å². The number of fused-ring (bicyclic) bond motifs is 3. The zero-order chi connectivity index (χ0) is 45.3. The molecule has 5 heterocycles. The lowest BCUT2D eigenvalue weighted by molar-refractivity contribution is -0.140. The summed E-state index contributed by atoms with van der Waals surface area (Å²) in [5.41, 5.74) is 5.94. The number of amides is 4. The van der Waals surface area contributed by atoms with Gasteiger partial charge in [0.1, 0.15) is 23.7 Å². The third-order valence-electron chi connectivity index (χ3n) is 14.5. The lowest BCUT2D eigenvalue weighted by Gasteiger charge is -2.38. The number of aromatic nitrogens is 4. The van der Waals surface area contributed by atoms with Crippen LogP contribution in [-0.4, -0.2) is 104 Å². The Morgan fingerprint density at radius 1 is 0.646 bits per heavy atom. The number of rotatable bonds is 11. The van der Waals surface area contributed by atoms with E-state index >= 15 is 0 Å². The second-order valence-electron chi connectivity index (χ2n) is 19.3. The third kappa shape index (κ3) is 8.23. The summed E-state index contributed by atoms with van der Waals surface area (Å²) in [6, 6.07) is 19.8. The summed E-state index contributed by atoms with van der Waals surface area (Å²) in [4.78, 5) is 73.5. The summed E-state index contributed by atoms with van der Waals surface area (Å²) in [5.74, 6) is 2.04. The first-order valence-corrected chi connectivity index (χ1v) is 23.1. The van der Waals surface area contributed by atoms with Crippen LogP contribution in [0.15, 0.2) is 73.1 Å². The molecule has 5 aliphatic rings. The number of nitrogens with zero attached hydrogens (tertiary/aromatic N) is 4. The minimum atomic E-state index is -0.706. The van der Waals surface area contributed by atoms with Gasteiger partial charge in [-0.15, -0.1) is 0 Å². The molecule has 0 radical (unpaired) electrons. The minimum Gasteiger partial charge on any atom is -0.453 e. The number of carbonyl (C=O) groups is 4. The van der Waals surface area contributed by atoms with E-state index in [1.165, 1.54) is 14.2 Å². The van der Waals surface area contributed by atoms with Crippen molar-refractivity contribution in [1.29, 1.82) is 0 Å². The average Bonchev–Trinajstić information content (AvgIpc) is 3.89. The fourth-order valence-electron chi connectivity index (χ4n) is 11.1. The highest BCUT2D eigenvalue weighted by atomic mass is 16.5. The number of likely N-dealkylation sites (tertiary alicyclic amines) is 2. The van der Waals surface area contributed by atoms with Crippen LogP contribution in [0.3, 0.4) is 0 Å². The third-order valence-corrected chi connectivity index (χ3v) is 14.5. The van der Waals surface area contributed by atoms with Crippen molar-refractivity contribution >= 4 is 34.8 Å². The molecule has 2 aliphatic carbocycles. The Kier molecular flexibility index (Phi) is 11.2. The lowest BCUT2D eigenvalue weighted by Crippen LogP contribution is -2.55. The van der Waals surface area contributed by atoms with Gasteiger partial charge in [-0.3, -0.25) is 9.59 Å². The predicted molar refractivity (Wildman–Crippen MR) is 243 cm³/mol. The van der Waals surface area contributed by atoms with E-state index in [1.807, 2.05) is 49.9 Å². The van der Waals surface area contributed by atoms with Gasteiger partial charge in [0.05, 0.1) is 62.3 Å². The lowest BCUT2D eigenvalue weighted by atomic mass is 9.85. The number of hydrogen-bond acceptors (Lipinski definition) is 9. The number of nitrogens with one attached hydrogen (secondary N) is 4. The molecule has 1 unspecified atom stereocenters. The number of aromatic amines is 2.